The minimum atomic E-state index is -0.806. The van der Waals surface area contributed by atoms with E-state index >= 15 is 0 Å². The zero-order valence-corrected chi connectivity index (χ0v) is 12.8. The summed E-state index contributed by atoms with van der Waals surface area (Å²) in [6, 6.07) is 12.9. The van der Waals surface area contributed by atoms with E-state index in [2.05, 4.69) is 0 Å². The summed E-state index contributed by atoms with van der Waals surface area (Å²) in [6.45, 7) is -0.482. The van der Waals surface area contributed by atoms with Gasteiger partial charge in [-0.25, -0.2) is 4.79 Å². The third kappa shape index (κ3) is 3.08. The van der Waals surface area contributed by atoms with E-state index in [1.54, 1.807) is 18.2 Å². The van der Waals surface area contributed by atoms with Gasteiger partial charge in [-0.3, -0.25) is 4.79 Å². The van der Waals surface area contributed by atoms with E-state index in [4.69, 9.17) is 13.9 Å². The number of carbonyl (C=O) groups is 2. The Morgan fingerprint density at radius 1 is 1.12 bits per heavy atom. The van der Waals surface area contributed by atoms with Crippen molar-refractivity contribution in [2.45, 2.75) is 0 Å². The first-order valence-electron chi connectivity index (χ1n) is 7.14. The molecule has 0 bridgehead atoms. The number of methoxy groups -OCH3 is 1. The molecule has 24 heavy (non-hydrogen) atoms. The van der Waals surface area contributed by atoms with Gasteiger partial charge < -0.3 is 19.0 Å². The fourth-order valence-electron chi connectivity index (χ4n) is 2.21. The molecule has 3 aromatic rings. The van der Waals surface area contributed by atoms with Crippen molar-refractivity contribution in [2.24, 2.45) is 0 Å². The highest BCUT2D eigenvalue weighted by atomic mass is 16.5. The molecule has 6 nitrogen and oxygen atoms in total. The van der Waals surface area contributed by atoms with Crippen molar-refractivity contribution in [3.63, 3.8) is 0 Å². The van der Waals surface area contributed by atoms with Crippen molar-refractivity contribution < 1.29 is 28.6 Å². The van der Waals surface area contributed by atoms with Crippen LogP contribution in [0.25, 0.3) is 11.0 Å². The maximum atomic E-state index is 12.1. The van der Waals surface area contributed by atoms with Gasteiger partial charge in [0.2, 0.25) is 5.78 Å². The first-order chi connectivity index (χ1) is 11.6. The van der Waals surface area contributed by atoms with E-state index in [-0.39, 0.29) is 17.1 Å². The molecule has 0 aliphatic rings. The number of phenolic OH excluding ortho intramolecular Hbond substituents is 1. The summed E-state index contributed by atoms with van der Waals surface area (Å²) in [5, 5.41) is 10.6. The zero-order valence-electron chi connectivity index (χ0n) is 12.8. The van der Waals surface area contributed by atoms with Crippen LogP contribution in [0.1, 0.15) is 20.9 Å². The maximum Gasteiger partial charge on any atom is 0.342 e. The molecule has 0 amide bonds. The van der Waals surface area contributed by atoms with E-state index < -0.39 is 18.4 Å². The van der Waals surface area contributed by atoms with Crippen molar-refractivity contribution in [2.75, 3.05) is 13.7 Å². The molecule has 2 aromatic carbocycles. The Labute approximate surface area is 137 Å². The Bertz CT molecular complexity index is 876. The number of Topliss-reactive ketones (excluding diaryl/α,β-unsaturated/α-hetero) is 1. The highest BCUT2D eigenvalue weighted by Crippen LogP contribution is 2.24. The van der Waals surface area contributed by atoms with E-state index in [1.165, 1.54) is 25.3 Å². The first-order valence-corrected chi connectivity index (χ1v) is 7.14. The molecule has 1 aromatic heterocycles. The number of hydrogen-bond acceptors (Lipinski definition) is 6. The van der Waals surface area contributed by atoms with Crippen LogP contribution in [0.2, 0.25) is 0 Å². The van der Waals surface area contributed by atoms with Crippen LogP contribution in [-0.2, 0) is 4.74 Å². The number of ether oxygens (including phenoxy) is 2. The highest BCUT2D eigenvalue weighted by Gasteiger charge is 2.18. The van der Waals surface area contributed by atoms with Crippen molar-refractivity contribution in [1.29, 1.82) is 0 Å². The summed E-state index contributed by atoms with van der Waals surface area (Å²) in [6.07, 6.45) is 0. The summed E-state index contributed by atoms with van der Waals surface area (Å²) in [4.78, 5) is 24.0. The normalized spacial score (nSPS) is 10.5. The van der Waals surface area contributed by atoms with E-state index in [0.717, 1.165) is 5.39 Å². The molecule has 0 radical (unpaired) electrons. The zero-order chi connectivity index (χ0) is 17.1. The molecule has 0 spiro atoms. The average molecular weight is 326 g/mol. The Balaban J connectivity index is 1.68. The number of hydrogen-bond donors (Lipinski definition) is 1. The lowest BCUT2D eigenvalue weighted by Crippen LogP contribution is -2.14. The number of benzene rings is 2. The Kier molecular flexibility index (Phi) is 4.20. The van der Waals surface area contributed by atoms with Gasteiger partial charge in [0.05, 0.1) is 7.11 Å². The van der Waals surface area contributed by atoms with Gasteiger partial charge in [0.15, 0.2) is 12.4 Å². The second-order valence-electron chi connectivity index (χ2n) is 5.03. The van der Waals surface area contributed by atoms with Gasteiger partial charge in [0.25, 0.3) is 0 Å². The average Bonchev–Trinajstić information content (AvgIpc) is 3.03. The Morgan fingerprint density at radius 2 is 1.92 bits per heavy atom. The van der Waals surface area contributed by atoms with Crippen molar-refractivity contribution in [3.05, 3.63) is 59.9 Å². The lowest BCUT2D eigenvalue weighted by Gasteiger charge is -2.06. The summed E-state index contributed by atoms with van der Waals surface area (Å²) >= 11 is 0. The number of rotatable bonds is 5. The predicted octanol–water partition coefficient (Wildman–Crippen LogP) is 3.19. The molecular formula is C18H14O6. The minimum Gasteiger partial charge on any atom is -0.507 e. The lowest BCUT2D eigenvalue weighted by molar-refractivity contribution is 0.0465. The molecule has 0 fully saturated rings. The highest BCUT2D eigenvalue weighted by molar-refractivity contribution is 6.00. The number of fused-ring (bicyclic) bond motifs is 1. The van der Waals surface area contributed by atoms with Gasteiger partial charge in [0, 0.05) is 11.5 Å². The molecule has 6 heteroatoms. The van der Waals surface area contributed by atoms with E-state index in [1.807, 2.05) is 12.1 Å². The van der Waals surface area contributed by atoms with Crippen LogP contribution >= 0.6 is 0 Å². The number of phenols is 1. The van der Waals surface area contributed by atoms with Gasteiger partial charge in [-0.1, -0.05) is 18.2 Å². The molecule has 0 saturated heterocycles. The third-order valence-electron chi connectivity index (χ3n) is 3.46. The molecule has 0 atom stereocenters. The number of esters is 1. The fraction of sp³-hybridized carbons (Fsp3) is 0.111. The number of aromatic hydroxyl groups is 1. The van der Waals surface area contributed by atoms with Gasteiger partial charge >= 0.3 is 5.97 Å². The van der Waals surface area contributed by atoms with E-state index in [0.29, 0.717) is 11.3 Å². The molecule has 0 aliphatic carbocycles. The van der Waals surface area contributed by atoms with Crippen molar-refractivity contribution in [1.82, 2.24) is 0 Å². The largest absolute Gasteiger partial charge is 0.507 e. The maximum absolute atomic E-state index is 12.1. The summed E-state index contributed by atoms with van der Waals surface area (Å²) in [5.74, 6) is -1.03. The van der Waals surface area contributed by atoms with Gasteiger partial charge in [-0.15, -0.1) is 0 Å². The molecule has 122 valence electrons. The van der Waals surface area contributed by atoms with Gasteiger partial charge in [0.1, 0.15) is 22.6 Å². The Morgan fingerprint density at radius 3 is 2.62 bits per heavy atom. The fourth-order valence-corrected chi connectivity index (χ4v) is 2.21. The first kappa shape index (κ1) is 15.6. The molecular weight excluding hydrogens is 312 g/mol. The van der Waals surface area contributed by atoms with Crippen LogP contribution in [0, 0.1) is 0 Å². The topological polar surface area (TPSA) is 86.0 Å². The number of carbonyl (C=O) groups excluding carboxylic acids is 2. The summed E-state index contributed by atoms with van der Waals surface area (Å²) in [7, 11) is 1.44. The van der Waals surface area contributed by atoms with Gasteiger partial charge in [-0.05, 0) is 24.3 Å². The predicted molar refractivity (Wildman–Crippen MR) is 85.5 cm³/mol. The minimum absolute atomic E-state index is 0.0480. The lowest BCUT2D eigenvalue weighted by atomic mass is 10.2. The SMILES string of the molecule is COc1ccc(C(=O)OCC(=O)c2cc3ccccc3o2)c(O)c1. The number of furan rings is 1. The quantitative estimate of drug-likeness (QED) is 0.572. The van der Waals surface area contributed by atoms with Crippen LogP contribution < -0.4 is 4.74 Å². The van der Waals surface area contributed by atoms with Crippen LogP contribution in [0.15, 0.2) is 52.9 Å². The van der Waals surface area contributed by atoms with Crippen molar-refractivity contribution in [3.8, 4) is 11.5 Å². The van der Waals surface area contributed by atoms with E-state index in [9.17, 15) is 14.7 Å². The van der Waals surface area contributed by atoms with Crippen LogP contribution in [-0.4, -0.2) is 30.6 Å². The third-order valence-corrected chi connectivity index (χ3v) is 3.46. The monoisotopic (exact) mass is 326 g/mol. The molecule has 0 unspecified atom stereocenters. The van der Waals surface area contributed by atoms with Crippen molar-refractivity contribution >= 4 is 22.7 Å². The molecule has 1 heterocycles. The smallest absolute Gasteiger partial charge is 0.342 e. The second kappa shape index (κ2) is 6.45. The molecule has 0 saturated carbocycles. The standard InChI is InChI=1S/C18H14O6/c1-22-12-6-7-13(14(19)9-12)18(21)23-10-15(20)17-8-11-4-2-3-5-16(11)24-17/h2-9,19H,10H2,1H3. The molecule has 1 N–H and O–H groups in total. The number of para-hydroxylation sites is 1. The van der Waals surface area contributed by atoms with Gasteiger partial charge in [-0.2, -0.15) is 0 Å². The summed E-state index contributed by atoms with van der Waals surface area (Å²) < 4.78 is 15.3. The number of ketones is 1. The van der Waals surface area contributed by atoms with Crippen LogP contribution in [0.3, 0.4) is 0 Å². The van der Waals surface area contributed by atoms with Crippen LogP contribution in [0.5, 0.6) is 11.5 Å². The summed E-state index contributed by atoms with van der Waals surface area (Å²) in [5.41, 5.74) is 0.535. The van der Waals surface area contributed by atoms with Crippen LogP contribution in [0.4, 0.5) is 0 Å². The second-order valence-corrected chi connectivity index (χ2v) is 5.03. The molecule has 0 aliphatic heterocycles. The molecule has 3 rings (SSSR count). The Hall–Kier alpha value is -3.28.